The Morgan fingerprint density at radius 1 is 1.35 bits per heavy atom. The Morgan fingerprint density at radius 2 is 2.12 bits per heavy atom. The number of nitrogens with one attached hydrogen (secondary N) is 1. The lowest BCUT2D eigenvalue weighted by molar-refractivity contribution is -0.927. The quantitative estimate of drug-likeness (QED) is 0.768. The average Bonchev–Trinajstić information content (AvgIpc) is 2.73. The average molecular weight is 236 g/mol. The fraction of sp³-hybridized carbons (Fsp3) is 0.571. The Kier molecular flexibility index (Phi) is 4.54. The van der Waals surface area contributed by atoms with E-state index in [1.807, 2.05) is 13.0 Å². The van der Waals surface area contributed by atoms with Crippen molar-refractivity contribution in [3.05, 3.63) is 35.9 Å². The van der Waals surface area contributed by atoms with Gasteiger partial charge in [-0.3, -0.25) is 0 Å². The van der Waals surface area contributed by atoms with E-state index in [1.54, 1.807) is 0 Å². The van der Waals surface area contributed by atoms with Gasteiger partial charge < -0.3 is 14.7 Å². The Morgan fingerprint density at radius 3 is 2.76 bits per heavy atom. The zero-order chi connectivity index (χ0) is 12.1. The number of hydrogen-bond acceptors (Lipinski definition) is 2. The number of hydrogen-bond donors (Lipinski definition) is 2. The summed E-state index contributed by atoms with van der Waals surface area (Å²) in [4.78, 5) is 1.44. The van der Waals surface area contributed by atoms with E-state index in [0.29, 0.717) is 12.1 Å². The fourth-order valence-electron chi connectivity index (χ4n) is 2.67. The molecular weight excluding hydrogens is 214 g/mol. The van der Waals surface area contributed by atoms with Crippen molar-refractivity contribution in [2.45, 2.75) is 32.0 Å². The molecule has 0 saturated carbocycles. The molecule has 0 aliphatic carbocycles. The molecule has 1 aromatic rings. The summed E-state index contributed by atoms with van der Waals surface area (Å²) in [7, 11) is 0. The molecule has 0 spiro atoms. The first-order valence-electron chi connectivity index (χ1n) is 6.44. The fourth-order valence-corrected chi connectivity index (χ4v) is 2.67. The van der Waals surface area contributed by atoms with Gasteiger partial charge in [-0.2, -0.15) is 0 Å². The van der Waals surface area contributed by atoms with Gasteiger partial charge in [0.15, 0.2) is 0 Å². The second kappa shape index (κ2) is 6.15. The van der Waals surface area contributed by atoms with Crippen molar-refractivity contribution >= 4 is 0 Å². The number of quaternary nitrogens is 1. The maximum Gasteiger partial charge on any atom is 0.114 e. The number of rotatable bonds is 5. The highest BCUT2D eigenvalue weighted by molar-refractivity contribution is 5.13. The summed E-state index contributed by atoms with van der Waals surface area (Å²) in [6.45, 7) is 5.04. The Balaban J connectivity index is 1.95. The molecule has 1 saturated heterocycles. The van der Waals surface area contributed by atoms with Crippen LogP contribution >= 0.6 is 0 Å². The molecule has 0 bridgehead atoms. The minimum Gasteiger partial charge on any atom is -0.390 e. The van der Waals surface area contributed by atoms with Crippen molar-refractivity contribution in [1.29, 1.82) is 0 Å². The highest BCUT2D eigenvalue weighted by atomic mass is 16.5. The molecule has 3 nitrogen and oxygen atoms in total. The molecule has 1 fully saturated rings. The van der Waals surface area contributed by atoms with E-state index >= 15 is 0 Å². The maximum absolute atomic E-state index is 9.42. The minimum atomic E-state index is 0.256. The molecule has 1 aliphatic heterocycles. The first-order chi connectivity index (χ1) is 8.33. The summed E-state index contributed by atoms with van der Waals surface area (Å²) < 4.78 is 5.67. The van der Waals surface area contributed by atoms with Crippen molar-refractivity contribution in [2.75, 3.05) is 19.8 Å². The van der Waals surface area contributed by atoms with E-state index in [1.165, 1.54) is 10.5 Å². The normalized spacial score (nSPS) is 28.5. The van der Waals surface area contributed by atoms with Crippen molar-refractivity contribution in [1.82, 2.24) is 0 Å². The summed E-state index contributed by atoms with van der Waals surface area (Å²) >= 11 is 0. The van der Waals surface area contributed by atoms with Gasteiger partial charge in [0.1, 0.15) is 25.2 Å². The van der Waals surface area contributed by atoms with E-state index in [9.17, 15) is 5.11 Å². The number of aliphatic hydroxyl groups excluding tert-OH is 1. The highest BCUT2D eigenvalue weighted by Gasteiger charge is 2.35. The topological polar surface area (TPSA) is 33.9 Å². The van der Waals surface area contributed by atoms with Gasteiger partial charge in [-0.25, -0.2) is 0 Å². The molecule has 1 aliphatic rings. The van der Waals surface area contributed by atoms with Crippen LogP contribution in [0.4, 0.5) is 0 Å². The van der Waals surface area contributed by atoms with Gasteiger partial charge in [-0.15, -0.1) is 0 Å². The molecule has 94 valence electrons. The van der Waals surface area contributed by atoms with Crippen LogP contribution in [0.1, 0.15) is 18.9 Å². The first kappa shape index (κ1) is 12.6. The van der Waals surface area contributed by atoms with E-state index in [2.05, 4.69) is 24.3 Å². The third-order valence-electron chi connectivity index (χ3n) is 3.51. The molecule has 3 heteroatoms. The van der Waals surface area contributed by atoms with Gasteiger partial charge in [0.25, 0.3) is 0 Å². The summed E-state index contributed by atoms with van der Waals surface area (Å²) in [6, 6.07) is 10.8. The van der Waals surface area contributed by atoms with Gasteiger partial charge in [0.05, 0.1) is 6.61 Å². The third-order valence-corrected chi connectivity index (χ3v) is 3.51. The van der Waals surface area contributed by atoms with Crippen LogP contribution in [-0.2, 0) is 11.3 Å². The molecule has 1 aromatic carbocycles. The molecule has 0 aromatic heterocycles. The van der Waals surface area contributed by atoms with Crippen LogP contribution in [0.3, 0.4) is 0 Å². The van der Waals surface area contributed by atoms with Crippen LogP contribution in [0.5, 0.6) is 0 Å². The molecule has 0 amide bonds. The van der Waals surface area contributed by atoms with Crippen LogP contribution in [-0.4, -0.2) is 37.0 Å². The smallest absolute Gasteiger partial charge is 0.114 e. The minimum absolute atomic E-state index is 0.256. The number of benzene rings is 1. The third kappa shape index (κ3) is 3.28. The molecule has 3 atom stereocenters. The van der Waals surface area contributed by atoms with Gasteiger partial charge in [-0.1, -0.05) is 30.3 Å². The van der Waals surface area contributed by atoms with Crippen LogP contribution < -0.4 is 4.90 Å². The van der Waals surface area contributed by atoms with E-state index < -0.39 is 0 Å². The number of aliphatic hydroxyl groups is 1. The lowest BCUT2D eigenvalue weighted by Crippen LogP contribution is -3.13. The molecule has 17 heavy (non-hydrogen) atoms. The van der Waals surface area contributed by atoms with E-state index in [4.69, 9.17) is 4.74 Å². The van der Waals surface area contributed by atoms with Crippen LogP contribution in [0.25, 0.3) is 0 Å². The molecule has 0 radical (unpaired) electrons. The second-order valence-electron chi connectivity index (χ2n) is 4.72. The van der Waals surface area contributed by atoms with Gasteiger partial charge >= 0.3 is 0 Å². The van der Waals surface area contributed by atoms with Crippen LogP contribution in [0.15, 0.2) is 30.3 Å². The highest BCUT2D eigenvalue weighted by Crippen LogP contribution is 2.07. The SMILES string of the molecule is CCO[C@@H]1C[C@H](CO)[NH+](Cc2ccccc2)C1. The van der Waals surface area contributed by atoms with Gasteiger partial charge in [0, 0.05) is 18.6 Å². The lowest BCUT2D eigenvalue weighted by Gasteiger charge is -2.19. The number of likely N-dealkylation sites (tertiary alicyclic amines) is 1. The van der Waals surface area contributed by atoms with Crippen LogP contribution in [0, 0.1) is 0 Å². The molecule has 2 rings (SSSR count). The monoisotopic (exact) mass is 236 g/mol. The van der Waals surface area contributed by atoms with Crippen molar-refractivity contribution < 1.29 is 14.7 Å². The lowest BCUT2D eigenvalue weighted by atomic mass is 10.2. The van der Waals surface area contributed by atoms with Gasteiger partial charge in [-0.05, 0) is 6.92 Å². The van der Waals surface area contributed by atoms with Crippen molar-refractivity contribution in [2.24, 2.45) is 0 Å². The van der Waals surface area contributed by atoms with Crippen molar-refractivity contribution in [3.8, 4) is 0 Å². The van der Waals surface area contributed by atoms with E-state index in [0.717, 1.165) is 26.1 Å². The molecule has 1 unspecified atom stereocenters. The summed E-state index contributed by atoms with van der Waals surface area (Å²) in [5, 5.41) is 9.42. The maximum atomic E-state index is 9.42. The molecular formula is C14H22NO2+. The predicted molar refractivity (Wildman–Crippen MR) is 66.9 cm³/mol. The Bertz CT molecular complexity index is 328. The largest absolute Gasteiger partial charge is 0.390 e. The molecule has 1 heterocycles. The van der Waals surface area contributed by atoms with Crippen LogP contribution in [0.2, 0.25) is 0 Å². The standard InChI is InChI=1S/C14H21NO2/c1-2-17-14-8-13(11-16)15(10-14)9-12-6-4-3-5-7-12/h3-7,13-14,16H,2,8-11H2,1H3/p+1/t13-,14-/m1/s1. The number of ether oxygens (including phenoxy) is 1. The first-order valence-corrected chi connectivity index (χ1v) is 6.44. The summed E-state index contributed by atoms with van der Waals surface area (Å²) in [5.41, 5.74) is 1.33. The Hall–Kier alpha value is -0.900. The molecule has 2 N–H and O–H groups in total. The van der Waals surface area contributed by atoms with Crippen molar-refractivity contribution in [3.63, 3.8) is 0 Å². The predicted octanol–water partition coefficient (Wildman–Crippen LogP) is 0.241. The zero-order valence-electron chi connectivity index (χ0n) is 10.4. The Labute approximate surface area is 103 Å². The van der Waals surface area contributed by atoms with E-state index in [-0.39, 0.29) is 6.61 Å². The summed E-state index contributed by atoms with van der Waals surface area (Å²) in [6.07, 6.45) is 1.29. The summed E-state index contributed by atoms with van der Waals surface area (Å²) in [5.74, 6) is 0. The van der Waals surface area contributed by atoms with Gasteiger partial charge in [0.2, 0.25) is 0 Å². The second-order valence-corrected chi connectivity index (χ2v) is 4.72. The zero-order valence-corrected chi connectivity index (χ0v) is 10.4.